The summed E-state index contributed by atoms with van der Waals surface area (Å²) < 4.78 is 16.2. The number of ether oxygens (including phenoxy) is 3. The van der Waals surface area contributed by atoms with Gasteiger partial charge < -0.3 is 25.3 Å². The van der Waals surface area contributed by atoms with Crippen molar-refractivity contribution < 1.29 is 14.2 Å². The molecule has 1 aromatic rings. The molecule has 1 aliphatic rings. The number of nitrogens with one attached hydrogen (secondary N) is 1. The van der Waals surface area contributed by atoms with E-state index in [2.05, 4.69) is 24.2 Å². The lowest BCUT2D eigenvalue weighted by molar-refractivity contribution is -0.118. The number of aliphatic imine (C=N–C) groups is 1. The first-order valence-corrected chi connectivity index (χ1v) is 8.84. The van der Waals surface area contributed by atoms with Crippen molar-refractivity contribution in [1.29, 1.82) is 0 Å². The van der Waals surface area contributed by atoms with Gasteiger partial charge in [-0.15, -0.1) is 0 Å². The molecule has 1 saturated carbocycles. The molecule has 2 rings (SSSR count). The Balaban J connectivity index is 2.01. The molecular weight excluding hydrogens is 318 g/mol. The van der Waals surface area contributed by atoms with Crippen LogP contribution in [-0.4, -0.2) is 39.4 Å². The molecule has 0 bridgehead atoms. The van der Waals surface area contributed by atoms with Gasteiger partial charge in [0.1, 0.15) is 0 Å². The Hall–Kier alpha value is -1.95. The molecule has 6 nitrogen and oxygen atoms in total. The molecule has 2 atom stereocenters. The van der Waals surface area contributed by atoms with Crippen LogP contribution in [-0.2, 0) is 11.3 Å². The molecule has 1 fully saturated rings. The molecule has 0 aromatic heterocycles. The Morgan fingerprint density at radius 3 is 2.44 bits per heavy atom. The molecule has 3 N–H and O–H groups in total. The van der Waals surface area contributed by atoms with Crippen LogP contribution in [0.4, 0.5) is 0 Å². The Morgan fingerprint density at radius 1 is 1.20 bits per heavy atom. The van der Waals surface area contributed by atoms with Crippen molar-refractivity contribution in [3.8, 4) is 11.5 Å². The van der Waals surface area contributed by atoms with Gasteiger partial charge >= 0.3 is 0 Å². The lowest BCUT2D eigenvalue weighted by Crippen LogP contribution is -2.65. The van der Waals surface area contributed by atoms with Gasteiger partial charge in [0.15, 0.2) is 17.5 Å². The van der Waals surface area contributed by atoms with E-state index < -0.39 is 0 Å². The molecule has 0 radical (unpaired) electrons. The monoisotopic (exact) mass is 349 g/mol. The van der Waals surface area contributed by atoms with Crippen LogP contribution >= 0.6 is 0 Å². The highest BCUT2D eigenvalue weighted by atomic mass is 16.5. The average Bonchev–Trinajstić information content (AvgIpc) is 2.63. The van der Waals surface area contributed by atoms with E-state index in [0.29, 0.717) is 36.1 Å². The number of hydrogen-bond acceptors (Lipinski definition) is 4. The summed E-state index contributed by atoms with van der Waals surface area (Å²) in [5, 5.41) is 3.39. The maximum absolute atomic E-state index is 6.12. The van der Waals surface area contributed by atoms with Gasteiger partial charge in [-0.3, -0.25) is 0 Å². The molecule has 0 spiro atoms. The fraction of sp³-hybridized carbons (Fsp3) is 0.632. The van der Waals surface area contributed by atoms with Gasteiger partial charge in [-0.25, -0.2) is 4.99 Å². The molecule has 0 saturated heterocycles. The van der Waals surface area contributed by atoms with Crippen LogP contribution in [0.1, 0.15) is 38.7 Å². The van der Waals surface area contributed by atoms with E-state index in [1.54, 1.807) is 21.3 Å². The number of methoxy groups -OCH3 is 3. The maximum atomic E-state index is 6.12. The predicted octanol–water partition coefficient (Wildman–Crippen LogP) is 2.70. The summed E-state index contributed by atoms with van der Waals surface area (Å²) in [4.78, 5) is 4.48. The van der Waals surface area contributed by atoms with Crippen molar-refractivity contribution >= 4 is 5.96 Å². The highest BCUT2D eigenvalue weighted by molar-refractivity contribution is 5.78. The molecule has 1 aliphatic carbocycles. The molecular formula is C19H31N3O3. The molecule has 140 valence electrons. The van der Waals surface area contributed by atoms with Gasteiger partial charge in [-0.2, -0.15) is 0 Å². The van der Waals surface area contributed by atoms with Crippen LogP contribution in [0, 0.1) is 5.41 Å². The van der Waals surface area contributed by atoms with Crippen molar-refractivity contribution in [3.05, 3.63) is 23.8 Å². The topological polar surface area (TPSA) is 78.1 Å². The lowest BCUT2D eigenvalue weighted by Gasteiger charge is -2.55. The summed E-state index contributed by atoms with van der Waals surface area (Å²) in [6.07, 6.45) is 3.37. The highest BCUT2D eigenvalue weighted by Gasteiger charge is 2.53. The van der Waals surface area contributed by atoms with Crippen LogP contribution in [0.15, 0.2) is 23.2 Å². The predicted molar refractivity (Wildman–Crippen MR) is 100 cm³/mol. The van der Waals surface area contributed by atoms with Crippen LogP contribution in [0.25, 0.3) is 0 Å². The van der Waals surface area contributed by atoms with Crippen LogP contribution < -0.4 is 20.5 Å². The van der Waals surface area contributed by atoms with Gasteiger partial charge in [0, 0.05) is 18.6 Å². The van der Waals surface area contributed by atoms with E-state index >= 15 is 0 Å². The zero-order valence-corrected chi connectivity index (χ0v) is 16.0. The first-order chi connectivity index (χ1) is 12.0. The Morgan fingerprint density at radius 2 is 1.88 bits per heavy atom. The number of guanidine groups is 1. The van der Waals surface area contributed by atoms with Crippen molar-refractivity contribution in [1.82, 2.24) is 5.32 Å². The van der Waals surface area contributed by atoms with Gasteiger partial charge in [0.25, 0.3) is 0 Å². The summed E-state index contributed by atoms with van der Waals surface area (Å²) in [5.74, 6) is 1.87. The van der Waals surface area contributed by atoms with Crippen LogP contribution in [0.5, 0.6) is 11.5 Å². The first kappa shape index (κ1) is 19.4. The third-order valence-electron chi connectivity index (χ3n) is 5.59. The van der Waals surface area contributed by atoms with E-state index in [0.717, 1.165) is 24.8 Å². The second-order valence-corrected chi connectivity index (χ2v) is 6.49. The van der Waals surface area contributed by atoms with Crippen molar-refractivity contribution in [2.45, 2.75) is 51.8 Å². The zero-order valence-electron chi connectivity index (χ0n) is 16.0. The third kappa shape index (κ3) is 3.84. The number of rotatable bonds is 8. The molecule has 0 aliphatic heterocycles. The largest absolute Gasteiger partial charge is 0.493 e. The van der Waals surface area contributed by atoms with E-state index in [4.69, 9.17) is 19.9 Å². The summed E-state index contributed by atoms with van der Waals surface area (Å²) in [6, 6.07) is 6.07. The fourth-order valence-electron chi connectivity index (χ4n) is 3.86. The Bertz CT molecular complexity index is 600. The maximum Gasteiger partial charge on any atom is 0.189 e. The van der Waals surface area contributed by atoms with E-state index in [9.17, 15) is 0 Å². The molecule has 0 heterocycles. The molecule has 0 amide bonds. The quantitative estimate of drug-likeness (QED) is 0.557. The number of nitrogens with zero attached hydrogens (tertiary/aromatic N) is 1. The lowest BCUT2D eigenvalue weighted by atomic mass is 9.58. The average molecular weight is 349 g/mol. The molecule has 2 unspecified atom stereocenters. The Kier molecular flexibility index (Phi) is 6.53. The summed E-state index contributed by atoms with van der Waals surface area (Å²) in [6.45, 7) is 4.91. The number of nitrogens with two attached hydrogens (primary N) is 1. The van der Waals surface area contributed by atoms with Crippen molar-refractivity contribution in [3.63, 3.8) is 0 Å². The standard InChI is InChI=1S/C19H31N3O3/c1-6-19(7-2)16(11-17(19)25-5)22-18(20)21-12-13-8-9-14(23-3)15(10-13)24-4/h8-10,16-17H,6-7,11-12H2,1-5H3,(H3,20,21,22). The van der Waals surface area contributed by atoms with Crippen LogP contribution in [0.3, 0.4) is 0 Å². The fourth-order valence-corrected chi connectivity index (χ4v) is 3.86. The van der Waals surface area contributed by atoms with Gasteiger partial charge in [-0.05, 0) is 37.0 Å². The molecule has 25 heavy (non-hydrogen) atoms. The SMILES string of the molecule is CCC1(CC)C(NC(N)=NCc2ccc(OC)c(OC)c2)CC1OC. The van der Waals surface area contributed by atoms with E-state index in [1.807, 2.05) is 18.2 Å². The zero-order chi connectivity index (χ0) is 18.4. The minimum absolute atomic E-state index is 0.137. The van der Waals surface area contributed by atoms with Crippen molar-refractivity contribution in [2.24, 2.45) is 16.1 Å². The minimum atomic E-state index is 0.137. The smallest absolute Gasteiger partial charge is 0.189 e. The van der Waals surface area contributed by atoms with E-state index in [-0.39, 0.29) is 5.41 Å². The number of benzene rings is 1. The highest BCUT2D eigenvalue weighted by Crippen LogP contribution is 2.48. The molecule has 1 aromatic carbocycles. The summed E-state index contributed by atoms with van der Waals surface area (Å²) in [5.41, 5.74) is 7.27. The van der Waals surface area contributed by atoms with Gasteiger partial charge in [0.2, 0.25) is 0 Å². The van der Waals surface area contributed by atoms with Crippen LogP contribution in [0.2, 0.25) is 0 Å². The van der Waals surface area contributed by atoms with Gasteiger partial charge in [-0.1, -0.05) is 19.9 Å². The second-order valence-electron chi connectivity index (χ2n) is 6.49. The first-order valence-electron chi connectivity index (χ1n) is 8.84. The summed E-state index contributed by atoms with van der Waals surface area (Å²) in [7, 11) is 5.03. The Labute approximate surface area is 150 Å². The molecule has 6 heteroatoms. The third-order valence-corrected chi connectivity index (χ3v) is 5.59. The van der Waals surface area contributed by atoms with Gasteiger partial charge in [0.05, 0.1) is 26.9 Å². The van der Waals surface area contributed by atoms with Crippen molar-refractivity contribution in [2.75, 3.05) is 21.3 Å². The van der Waals surface area contributed by atoms with E-state index in [1.165, 1.54) is 0 Å². The normalized spacial score (nSPS) is 22.2. The second kappa shape index (κ2) is 8.43. The number of hydrogen-bond donors (Lipinski definition) is 2. The summed E-state index contributed by atoms with van der Waals surface area (Å²) >= 11 is 0. The minimum Gasteiger partial charge on any atom is -0.493 e.